The van der Waals surface area contributed by atoms with E-state index in [9.17, 15) is 0 Å². The summed E-state index contributed by atoms with van der Waals surface area (Å²) in [5, 5.41) is 7.97. The molecule has 0 saturated carbocycles. The Kier molecular flexibility index (Phi) is 3.14. The number of hydrogen-bond acceptors (Lipinski definition) is 4. The molecule has 0 spiro atoms. The second kappa shape index (κ2) is 4.74. The summed E-state index contributed by atoms with van der Waals surface area (Å²) in [6.07, 6.45) is 5.36. The Hall–Kier alpha value is -1.91. The zero-order chi connectivity index (χ0) is 11.4. The number of pyridine rings is 1. The fraction of sp³-hybridized carbons (Fsp3) is 0.364. The van der Waals surface area contributed by atoms with Gasteiger partial charge in [0, 0.05) is 19.2 Å². The first-order valence-corrected chi connectivity index (χ1v) is 5.37. The quantitative estimate of drug-likeness (QED) is 0.837. The number of rotatable bonds is 4. The summed E-state index contributed by atoms with van der Waals surface area (Å²) in [5.74, 6) is 0.548. The number of aryl methyl sites for hydroxylation is 1. The zero-order valence-electron chi connectivity index (χ0n) is 9.30. The molecule has 0 aliphatic rings. The molecule has 2 aromatic rings. The first kappa shape index (κ1) is 10.6. The highest BCUT2D eigenvalue weighted by Gasteiger charge is 2.04. The molecular weight excluding hydrogens is 202 g/mol. The van der Waals surface area contributed by atoms with Crippen molar-refractivity contribution in [3.8, 4) is 0 Å². The molecule has 0 bridgehead atoms. The maximum Gasteiger partial charge on any atom is 0.123 e. The lowest BCUT2D eigenvalue weighted by molar-refractivity contribution is 0.560. The minimum Gasteiger partial charge on any atom is -0.384 e. The second-order valence-corrected chi connectivity index (χ2v) is 3.71. The highest BCUT2D eigenvalue weighted by Crippen LogP contribution is 2.10. The highest BCUT2D eigenvalue weighted by atomic mass is 15.4. The van der Waals surface area contributed by atoms with E-state index in [1.165, 1.54) is 0 Å². The molecule has 0 aliphatic carbocycles. The van der Waals surface area contributed by atoms with E-state index < -0.39 is 0 Å². The van der Waals surface area contributed by atoms with Gasteiger partial charge in [-0.1, -0.05) is 12.1 Å². The maximum atomic E-state index is 5.64. The number of nitrogens with zero attached hydrogens (tertiary/aromatic N) is 4. The van der Waals surface area contributed by atoms with Crippen molar-refractivity contribution in [3.63, 3.8) is 0 Å². The Labute approximate surface area is 94.3 Å². The molecule has 2 N–H and O–H groups in total. The zero-order valence-corrected chi connectivity index (χ0v) is 9.30. The van der Waals surface area contributed by atoms with E-state index in [1.807, 2.05) is 16.8 Å². The molecule has 0 radical (unpaired) electrons. The van der Waals surface area contributed by atoms with Gasteiger partial charge in [0.15, 0.2) is 0 Å². The van der Waals surface area contributed by atoms with E-state index in [0.717, 1.165) is 30.6 Å². The highest BCUT2D eigenvalue weighted by molar-refractivity contribution is 5.33. The Bertz CT molecular complexity index is 463. The topological polar surface area (TPSA) is 69.6 Å². The van der Waals surface area contributed by atoms with Crippen molar-refractivity contribution < 1.29 is 0 Å². The van der Waals surface area contributed by atoms with Gasteiger partial charge < -0.3 is 5.73 Å². The van der Waals surface area contributed by atoms with Gasteiger partial charge in [-0.25, -0.2) is 9.67 Å². The SMILES string of the molecule is CCCn1nncc1Cc1ccnc(N)c1. The fourth-order valence-electron chi connectivity index (χ4n) is 1.63. The minimum atomic E-state index is 0.548. The van der Waals surface area contributed by atoms with Crippen LogP contribution in [0.4, 0.5) is 5.82 Å². The lowest BCUT2D eigenvalue weighted by atomic mass is 10.1. The minimum absolute atomic E-state index is 0.548. The third kappa shape index (κ3) is 2.36. The molecule has 0 fully saturated rings. The van der Waals surface area contributed by atoms with Gasteiger partial charge in [0.05, 0.1) is 11.9 Å². The maximum absolute atomic E-state index is 5.64. The molecule has 5 heteroatoms. The third-order valence-corrected chi connectivity index (χ3v) is 2.36. The summed E-state index contributed by atoms with van der Waals surface area (Å²) < 4.78 is 1.93. The average Bonchev–Trinajstić information content (AvgIpc) is 2.66. The summed E-state index contributed by atoms with van der Waals surface area (Å²) in [6, 6.07) is 3.84. The molecule has 0 saturated heterocycles. The van der Waals surface area contributed by atoms with E-state index in [4.69, 9.17) is 5.73 Å². The van der Waals surface area contributed by atoms with Crippen LogP contribution in [0.1, 0.15) is 24.6 Å². The van der Waals surface area contributed by atoms with E-state index >= 15 is 0 Å². The van der Waals surface area contributed by atoms with Crippen molar-refractivity contribution in [2.45, 2.75) is 26.3 Å². The van der Waals surface area contributed by atoms with E-state index in [1.54, 1.807) is 12.4 Å². The van der Waals surface area contributed by atoms with Gasteiger partial charge in [0.25, 0.3) is 0 Å². The van der Waals surface area contributed by atoms with Gasteiger partial charge in [0.1, 0.15) is 5.82 Å². The van der Waals surface area contributed by atoms with Crippen molar-refractivity contribution in [3.05, 3.63) is 35.8 Å². The number of aromatic nitrogens is 4. The summed E-state index contributed by atoms with van der Waals surface area (Å²) in [6.45, 7) is 3.02. The molecule has 0 unspecified atom stereocenters. The van der Waals surface area contributed by atoms with Crippen LogP contribution >= 0.6 is 0 Å². The first-order chi connectivity index (χ1) is 7.79. The standard InChI is InChI=1S/C11H15N5/c1-2-5-16-10(8-14-15-16)6-9-3-4-13-11(12)7-9/h3-4,7-8H,2,5-6H2,1H3,(H2,12,13). The van der Waals surface area contributed by atoms with Crippen LogP contribution in [0.15, 0.2) is 24.5 Å². The van der Waals surface area contributed by atoms with Crippen molar-refractivity contribution in [1.82, 2.24) is 20.0 Å². The largest absolute Gasteiger partial charge is 0.384 e. The Morgan fingerprint density at radius 2 is 2.31 bits per heavy atom. The van der Waals surface area contributed by atoms with Gasteiger partial charge in [-0.3, -0.25) is 0 Å². The Morgan fingerprint density at radius 3 is 3.06 bits per heavy atom. The van der Waals surface area contributed by atoms with Crippen LogP contribution in [-0.4, -0.2) is 20.0 Å². The monoisotopic (exact) mass is 217 g/mol. The molecule has 84 valence electrons. The summed E-state index contributed by atoms with van der Waals surface area (Å²) >= 11 is 0. The molecule has 2 rings (SSSR count). The predicted octanol–water partition coefficient (Wildman–Crippen LogP) is 1.26. The van der Waals surface area contributed by atoms with Crippen LogP contribution in [0.2, 0.25) is 0 Å². The van der Waals surface area contributed by atoms with E-state index in [2.05, 4.69) is 22.2 Å². The Balaban J connectivity index is 2.17. The lowest BCUT2D eigenvalue weighted by Gasteiger charge is -2.04. The van der Waals surface area contributed by atoms with E-state index in [0.29, 0.717) is 5.82 Å². The molecule has 2 aromatic heterocycles. The lowest BCUT2D eigenvalue weighted by Crippen LogP contribution is -2.05. The molecular formula is C11H15N5. The van der Waals surface area contributed by atoms with Crippen molar-refractivity contribution in [2.75, 3.05) is 5.73 Å². The van der Waals surface area contributed by atoms with Gasteiger partial charge in [-0.05, 0) is 24.1 Å². The normalized spacial score (nSPS) is 10.6. The first-order valence-electron chi connectivity index (χ1n) is 5.37. The smallest absolute Gasteiger partial charge is 0.123 e. The van der Waals surface area contributed by atoms with Crippen LogP contribution in [0.5, 0.6) is 0 Å². The summed E-state index contributed by atoms with van der Waals surface area (Å²) in [7, 11) is 0. The molecule has 0 atom stereocenters. The van der Waals surface area contributed by atoms with Crippen LogP contribution < -0.4 is 5.73 Å². The van der Waals surface area contributed by atoms with Crippen LogP contribution in [0.25, 0.3) is 0 Å². The summed E-state index contributed by atoms with van der Waals surface area (Å²) in [4.78, 5) is 3.97. The van der Waals surface area contributed by atoms with Crippen LogP contribution in [-0.2, 0) is 13.0 Å². The van der Waals surface area contributed by atoms with Gasteiger partial charge in [-0.15, -0.1) is 5.10 Å². The van der Waals surface area contributed by atoms with E-state index in [-0.39, 0.29) is 0 Å². The fourth-order valence-corrected chi connectivity index (χ4v) is 1.63. The van der Waals surface area contributed by atoms with Crippen molar-refractivity contribution in [2.24, 2.45) is 0 Å². The molecule has 0 aromatic carbocycles. The van der Waals surface area contributed by atoms with Crippen LogP contribution in [0.3, 0.4) is 0 Å². The molecule has 5 nitrogen and oxygen atoms in total. The molecule has 16 heavy (non-hydrogen) atoms. The molecule has 0 amide bonds. The predicted molar refractivity (Wildman–Crippen MR) is 61.8 cm³/mol. The van der Waals surface area contributed by atoms with Crippen molar-refractivity contribution >= 4 is 5.82 Å². The second-order valence-electron chi connectivity index (χ2n) is 3.71. The number of hydrogen-bond donors (Lipinski definition) is 1. The Morgan fingerprint density at radius 1 is 1.44 bits per heavy atom. The molecule has 2 heterocycles. The van der Waals surface area contributed by atoms with Gasteiger partial charge in [-0.2, -0.15) is 0 Å². The number of nitrogens with two attached hydrogens (primary N) is 1. The number of anilines is 1. The summed E-state index contributed by atoms with van der Waals surface area (Å²) in [5.41, 5.74) is 7.87. The third-order valence-electron chi connectivity index (χ3n) is 2.36. The van der Waals surface area contributed by atoms with Crippen LogP contribution in [0, 0.1) is 0 Å². The average molecular weight is 217 g/mol. The van der Waals surface area contributed by atoms with Gasteiger partial charge >= 0.3 is 0 Å². The van der Waals surface area contributed by atoms with Crippen molar-refractivity contribution in [1.29, 1.82) is 0 Å². The number of nitrogen functional groups attached to an aromatic ring is 1. The molecule has 0 aliphatic heterocycles. The van der Waals surface area contributed by atoms with Gasteiger partial charge in [0.2, 0.25) is 0 Å².